The molecule has 0 radical (unpaired) electrons. The van der Waals surface area contributed by atoms with Crippen LogP contribution in [-0.4, -0.2) is 53.6 Å². The number of nitrogens with zero attached hydrogens (tertiary/aromatic N) is 3. The molecular formula is C18H21N3O4. The van der Waals surface area contributed by atoms with E-state index >= 15 is 0 Å². The number of ether oxygens (including phenoxy) is 2. The van der Waals surface area contributed by atoms with Gasteiger partial charge in [-0.3, -0.25) is 4.79 Å². The smallest absolute Gasteiger partial charge is 0.354 e. The van der Waals surface area contributed by atoms with Crippen molar-refractivity contribution in [3.05, 3.63) is 47.9 Å². The Bertz CT molecular complexity index is 763. The first kappa shape index (κ1) is 17.0. The molecule has 0 N–H and O–H groups in total. The first-order chi connectivity index (χ1) is 12.2. The molecule has 0 aromatic carbocycles. The van der Waals surface area contributed by atoms with Crippen LogP contribution in [-0.2, 0) is 4.74 Å². The summed E-state index contributed by atoms with van der Waals surface area (Å²) in [5, 5.41) is 0. The van der Waals surface area contributed by atoms with Crippen LogP contribution in [0.1, 0.15) is 39.7 Å². The predicted molar refractivity (Wildman–Crippen MR) is 90.7 cm³/mol. The fraction of sp³-hybridized carbons (Fsp3) is 0.389. The van der Waals surface area contributed by atoms with Gasteiger partial charge in [0.25, 0.3) is 5.91 Å². The van der Waals surface area contributed by atoms with E-state index in [2.05, 4.69) is 4.98 Å². The molecule has 0 atom stereocenters. The van der Waals surface area contributed by atoms with Crippen molar-refractivity contribution < 1.29 is 19.1 Å². The van der Waals surface area contributed by atoms with Crippen LogP contribution in [0.4, 0.5) is 0 Å². The molecular weight excluding hydrogens is 322 g/mol. The number of carbonyl (C=O) groups excluding carboxylic acids is 2. The summed E-state index contributed by atoms with van der Waals surface area (Å²) < 4.78 is 11.9. The van der Waals surface area contributed by atoms with Crippen LogP contribution in [0.3, 0.4) is 0 Å². The highest BCUT2D eigenvalue weighted by atomic mass is 16.5. The normalized spacial score (nSPS) is 15.0. The van der Waals surface area contributed by atoms with Gasteiger partial charge in [-0.25, -0.2) is 9.78 Å². The molecule has 1 fully saturated rings. The van der Waals surface area contributed by atoms with Crippen molar-refractivity contribution in [2.45, 2.75) is 18.9 Å². The minimum atomic E-state index is -0.344. The van der Waals surface area contributed by atoms with Crippen molar-refractivity contribution in [2.24, 2.45) is 0 Å². The monoisotopic (exact) mass is 343 g/mol. The molecule has 2 aromatic rings. The average Bonchev–Trinajstić information content (AvgIpc) is 3.16. The molecule has 0 unspecified atom stereocenters. The lowest BCUT2D eigenvalue weighted by Gasteiger charge is -2.33. The van der Waals surface area contributed by atoms with E-state index in [9.17, 15) is 9.59 Å². The molecule has 0 bridgehead atoms. The number of hydrogen-bond donors (Lipinski definition) is 0. The zero-order valence-electron chi connectivity index (χ0n) is 14.3. The van der Waals surface area contributed by atoms with E-state index in [1.54, 1.807) is 29.3 Å². The molecule has 0 aliphatic carbocycles. The number of hydrogen-bond acceptors (Lipinski definition) is 5. The van der Waals surface area contributed by atoms with Crippen molar-refractivity contribution in [1.82, 2.24) is 14.5 Å². The van der Waals surface area contributed by atoms with E-state index in [1.165, 1.54) is 14.2 Å². The van der Waals surface area contributed by atoms with Crippen molar-refractivity contribution >= 4 is 11.9 Å². The van der Waals surface area contributed by atoms with Gasteiger partial charge in [0.2, 0.25) is 5.88 Å². The van der Waals surface area contributed by atoms with Crippen molar-refractivity contribution in [2.75, 3.05) is 27.3 Å². The molecule has 7 heteroatoms. The van der Waals surface area contributed by atoms with Gasteiger partial charge in [-0.15, -0.1) is 0 Å². The predicted octanol–water partition coefficient (Wildman–Crippen LogP) is 2.16. The molecule has 1 aliphatic rings. The standard InChI is InChI=1S/C18H21N3O4/c1-24-16-14(5-3-9-19-16)17(22)20-11-7-13(8-12-20)21-10-4-6-15(21)18(23)25-2/h3-6,9-10,13H,7-8,11-12H2,1-2H3. The van der Waals surface area contributed by atoms with Gasteiger partial charge < -0.3 is 18.9 Å². The topological polar surface area (TPSA) is 73.7 Å². The Hall–Kier alpha value is -2.83. The number of piperidine rings is 1. The SMILES string of the molecule is COC(=O)c1cccn1C1CCN(C(=O)c2cccnc2OC)CC1. The van der Waals surface area contributed by atoms with E-state index < -0.39 is 0 Å². The summed E-state index contributed by atoms with van der Waals surface area (Å²) in [6.07, 6.45) is 5.03. The molecule has 25 heavy (non-hydrogen) atoms. The zero-order chi connectivity index (χ0) is 17.8. The first-order valence-electron chi connectivity index (χ1n) is 8.19. The molecule has 132 valence electrons. The summed E-state index contributed by atoms with van der Waals surface area (Å²) >= 11 is 0. The van der Waals surface area contributed by atoms with Gasteiger partial charge in [0.15, 0.2) is 0 Å². The molecule has 1 saturated heterocycles. The highest BCUT2D eigenvalue weighted by Gasteiger charge is 2.28. The Balaban J connectivity index is 1.69. The molecule has 2 aromatic heterocycles. The Labute approximate surface area is 146 Å². The van der Waals surface area contributed by atoms with E-state index in [4.69, 9.17) is 9.47 Å². The second-order valence-corrected chi connectivity index (χ2v) is 5.88. The lowest BCUT2D eigenvalue weighted by molar-refractivity contribution is 0.0573. The van der Waals surface area contributed by atoms with Crippen molar-refractivity contribution in [3.63, 3.8) is 0 Å². The summed E-state index contributed by atoms with van der Waals surface area (Å²) in [5.41, 5.74) is 1.01. The van der Waals surface area contributed by atoms with Crippen LogP contribution >= 0.6 is 0 Å². The fourth-order valence-corrected chi connectivity index (χ4v) is 3.22. The van der Waals surface area contributed by atoms with E-state index in [0.29, 0.717) is 30.2 Å². The number of amides is 1. The van der Waals surface area contributed by atoms with Gasteiger partial charge in [0.1, 0.15) is 11.3 Å². The zero-order valence-corrected chi connectivity index (χ0v) is 14.3. The van der Waals surface area contributed by atoms with Crippen LogP contribution in [0.15, 0.2) is 36.7 Å². The van der Waals surface area contributed by atoms with Crippen LogP contribution in [0.2, 0.25) is 0 Å². The van der Waals surface area contributed by atoms with E-state index in [-0.39, 0.29) is 17.9 Å². The van der Waals surface area contributed by atoms with Crippen LogP contribution in [0, 0.1) is 0 Å². The number of pyridine rings is 1. The maximum absolute atomic E-state index is 12.7. The van der Waals surface area contributed by atoms with Gasteiger partial charge in [0, 0.05) is 31.5 Å². The summed E-state index contributed by atoms with van der Waals surface area (Å²) in [5.74, 6) is -0.0827. The highest BCUT2D eigenvalue weighted by Crippen LogP contribution is 2.27. The molecule has 3 heterocycles. The van der Waals surface area contributed by atoms with Crippen molar-refractivity contribution in [1.29, 1.82) is 0 Å². The average molecular weight is 343 g/mol. The molecule has 0 saturated carbocycles. The van der Waals surface area contributed by atoms with Gasteiger partial charge in [-0.05, 0) is 37.1 Å². The molecule has 3 rings (SSSR count). The Kier molecular flexibility index (Phi) is 5.02. The van der Waals surface area contributed by atoms with Crippen LogP contribution in [0.25, 0.3) is 0 Å². The third-order valence-electron chi connectivity index (χ3n) is 4.51. The number of carbonyl (C=O) groups is 2. The summed E-state index contributed by atoms with van der Waals surface area (Å²) in [7, 11) is 2.88. The van der Waals surface area contributed by atoms with Gasteiger partial charge in [-0.2, -0.15) is 0 Å². The molecule has 7 nitrogen and oxygen atoms in total. The third kappa shape index (κ3) is 3.35. The Morgan fingerprint density at radius 1 is 1.16 bits per heavy atom. The van der Waals surface area contributed by atoms with Crippen LogP contribution < -0.4 is 4.74 Å². The largest absolute Gasteiger partial charge is 0.480 e. The summed E-state index contributed by atoms with van der Waals surface area (Å²) in [6.45, 7) is 1.22. The third-order valence-corrected chi connectivity index (χ3v) is 4.51. The quantitative estimate of drug-likeness (QED) is 0.796. The highest BCUT2D eigenvalue weighted by molar-refractivity contribution is 5.96. The minimum Gasteiger partial charge on any atom is -0.480 e. The minimum absolute atomic E-state index is 0.0795. The molecule has 0 spiro atoms. The number of rotatable bonds is 4. The van der Waals surface area contributed by atoms with Gasteiger partial charge >= 0.3 is 5.97 Å². The summed E-state index contributed by atoms with van der Waals surface area (Å²) in [4.78, 5) is 30.4. The fourth-order valence-electron chi connectivity index (χ4n) is 3.22. The summed E-state index contributed by atoms with van der Waals surface area (Å²) in [6, 6.07) is 7.21. The van der Waals surface area contributed by atoms with E-state index in [1.807, 2.05) is 16.8 Å². The Morgan fingerprint density at radius 3 is 2.60 bits per heavy atom. The maximum Gasteiger partial charge on any atom is 0.354 e. The van der Waals surface area contributed by atoms with Gasteiger partial charge in [0.05, 0.1) is 14.2 Å². The maximum atomic E-state index is 12.7. The first-order valence-corrected chi connectivity index (χ1v) is 8.19. The second-order valence-electron chi connectivity index (χ2n) is 5.88. The number of aromatic nitrogens is 2. The van der Waals surface area contributed by atoms with E-state index in [0.717, 1.165) is 12.8 Å². The van der Waals surface area contributed by atoms with Gasteiger partial charge in [-0.1, -0.05) is 0 Å². The Morgan fingerprint density at radius 2 is 1.92 bits per heavy atom. The number of esters is 1. The second kappa shape index (κ2) is 7.38. The lowest BCUT2D eigenvalue weighted by atomic mass is 10.0. The van der Waals surface area contributed by atoms with Crippen molar-refractivity contribution in [3.8, 4) is 5.88 Å². The molecule has 1 aliphatic heterocycles. The number of likely N-dealkylation sites (tertiary alicyclic amines) is 1. The lowest BCUT2D eigenvalue weighted by Crippen LogP contribution is -2.39. The number of methoxy groups -OCH3 is 2. The molecule has 1 amide bonds. The van der Waals surface area contributed by atoms with Crippen LogP contribution in [0.5, 0.6) is 5.88 Å².